The lowest BCUT2D eigenvalue weighted by Crippen LogP contribution is -2.63. The van der Waals surface area contributed by atoms with Gasteiger partial charge in [0.15, 0.2) is 6.23 Å². The first kappa shape index (κ1) is 16.5. The maximum absolute atomic E-state index is 9.75. The Balaban J connectivity index is 2.49. The second-order valence-corrected chi connectivity index (χ2v) is 4.75. The van der Waals surface area contributed by atoms with E-state index in [1.165, 1.54) is 0 Å². The van der Waals surface area contributed by atoms with Crippen molar-refractivity contribution in [3.8, 4) is 0 Å². The molecule has 19 heavy (non-hydrogen) atoms. The molecule has 0 bridgehead atoms. The SMILES string of the molecule is CCCCOC(=S)N[C@@H]1O[C@H](CO)[C@H](O)[C@@H](O)[C@H]1O. The summed E-state index contributed by atoms with van der Waals surface area (Å²) in [6, 6.07) is 0. The molecule has 1 saturated heterocycles. The summed E-state index contributed by atoms with van der Waals surface area (Å²) in [6.07, 6.45) is -4.38. The van der Waals surface area contributed by atoms with Gasteiger partial charge in [0.05, 0.1) is 13.2 Å². The lowest BCUT2D eigenvalue weighted by molar-refractivity contribution is -0.233. The molecule has 5 N–H and O–H groups in total. The Morgan fingerprint density at radius 3 is 2.53 bits per heavy atom. The van der Waals surface area contributed by atoms with E-state index in [-0.39, 0.29) is 5.17 Å². The van der Waals surface area contributed by atoms with Gasteiger partial charge in [-0.2, -0.15) is 0 Å². The summed E-state index contributed by atoms with van der Waals surface area (Å²) in [7, 11) is 0. The van der Waals surface area contributed by atoms with E-state index in [4.69, 9.17) is 26.8 Å². The fraction of sp³-hybridized carbons (Fsp3) is 0.909. The number of rotatable bonds is 5. The minimum absolute atomic E-state index is 0.0396. The average molecular weight is 295 g/mol. The molecule has 1 aliphatic heterocycles. The minimum atomic E-state index is -1.43. The number of unbranched alkanes of at least 4 members (excludes halogenated alkanes) is 1. The number of thiocarbonyl (C=S) groups is 1. The maximum Gasteiger partial charge on any atom is 0.258 e. The van der Waals surface area contributed by atoms with Crippen LogP contribution in [0.3, 0.4) is 0 Å². The van der Waals surface area contributed by atoms with Crippen molar-refractivity contribution in [1.82, 2.24) is 5.32 Å². The van der Waals surface area contributed by atoms with Crippen molar-refractivity contribution >= 4 is 17.4 Å². The second kappa shape index (κ2) is 7.93. The van der Waals surface area contributed by atoms with E-state index in [0.717, 1.165) is 12.8 Å². The molecule has 0 saturated carbocycles. The lowest BCUT2D eigenvalue weighted by atomic mass is 9.98. The van der Waals surface area contributed by atoms with Gasteiger partial charge < -0.3 is 35.2 Å². The van der Waals surface area contributed by atoms with Crippen LogP contribution in [0.15, 0.2) is 0 Å². The molecule has 0 aromatic rings. The Hall–Kier alpha value is -0.510. The van der Waals surface area contributed by atoms with Crippen LogP contribution in [-0.4, -0.2) is 69.5 Å². The largest absolute Gasteiger partial charge is 0.471 e. The molecule has 7 nitrogen and oxygen atoms in total. The van der Waals surface area contributed by atoms with Gasteiger partial charge in [0.2, 0.25) is 0 Å². The van der Waals surface area contributed by atoms with Crippen molar-refractivity contribution in [2.45, 2.75) is 50.4 Å². The van der Waals surface area contributed by atoms with Gasteiger partial charge in [-0.3, -0.25) is 0 Å². The third-order valence-corrected chi connectivity index (χ3v) is 3.12. The predicted molar refractivity (Wildman–Crippen MR) is 70.4 cm³/mol. The molecule has 0 spiro atoms. The molecule has 1 fully saturated rings. The van der Waals surface area contributed by atoms with Crippen LogP contribution in [0, 0.1) is 0 Å². The zero-order valence-electron chi connectivity index (χ0n) is 10.7. The van der Waals surface area contributed by atoms with Crippen molar-refractivity contribution in [3.05, 3.63) is 0 Å². The van der Waals surface area contributed by atoms with E-state index in [1.54, 1.807) is 0 Å². The van der Waals surface area contributed by atoms with Crippen LogP contribution in [0.25, 0.3) is 0 Å². The summed E-state index contributed by atoms with van der Waals surface area (Å²) < 4.78 is 10.4. The van der Waals surface area contributed by atoms with Crippen molar-refractivity contribution in [2.24, 2.45) is 0 Å². The zero-order valence-corrected chi connectivity index (χ0v) is 11.5. The molecule has 8 heteroatoms. The quantitative estimate of drug-likeness (QED) is 0.307. The van der Waals surface area contributed by atoms with Crippen molar-refractivity contribution in [3.63, 3.8) is 0 Å². The highest BCUT2D eigenvalue weighted by Crippen LogP contribution is 2.19. The first-order valence-corrected chi connectivity index (χ1v) is 6.65. The van der Waals surface area contributed by atoms with Gasteiger partial charge in [-0.25, -0.2) is 0 Å². The number of aliphatic hydroxyl groups excluding tert-OH is 4. The van der Waals surface area contributed by atoms with Gasteiger partial charge in [-0.05, 0) is 18.6 Å². The summed E-state index contributed by atoms with van der Waals surface area (Å²) in [5.41, 5.74) is 0. The number of hydrogen-bond acceptors (Lipinski definition) is 7. The third-order valence-electron chi connectivity index (χ3n) is 2.88. The highest BCUT2D eigenvalue weighted by atomic mass is 32.1. The van der Waals surface area contributed by atoms with Gasteiger partial charge in [0, 0.05) is 0 Å². The van der Waals surface area contributed by atoms with E-state index in [0.29, 0.717) is 6.61 Å². The summed E-state index contributed by atoms with van der Waals surface area (Å²) in [5.74, 6) is 0. The van der Waals surface area contributed by atoms with Crippen molar-refractivity contribution in [2.75, 3.05) is 13.2 Å². The molecule has 0 unspecified atom stereocenters. The maximum atomic E-state index is 9.75. The van der Waals surface area contributed by atoms with Gasteiger partial charge in [0.25, 0.3) is 5.17 Å². The fourth-order valence-corrected chi connectivity index (χ4v) is 1.89. The van der Waals surface area contributed by atoms with Gasteiger partial charge >= 0.3 is 0 Å². The Morgan fingerprint density at radius 2 is 1.95 bits per heavy atom. The van der Waals surface area contributed by atoms with E-state index >= 15 is 0 Å². The topological polar surface area (TPSA) is 111 Å². The molecule has 1 heterocycles. The molecule has 5 atom stereocenters. The minimum Gasteiger partial charge on any atom is -0.471 e. The Bertz CT molecular complexity index is 290. The molecule has 0 aliphatic carbocycles. The molecule has 0 aromatic heterocycles. The first-order chi connectivity index (χ1) is 9.01. The number of nitrogens with one attached hydrogen (secondary N) is 1. The number of hydrogen-bond donors (Lipinski definition) is 5. The Kier molecular flexibility index (Phi) is 6.90. The monoisotopic (exact) mass is 295 g/mol. The van der Waals surface area contributed by atoms with E-state index in [2.05, 4.69) is 5.32 Å². The predicted octanol–water partition coefficient (Wildman–Crippen LogP) is -1.52. The van der Waals surface area contributed by atoms with Gasteiger partial charge in [-0.1, -0.05) is 13.3 Å². The van der Waals surface area contributed by atoms with Crippen molar-refractivity contribution < 1.29 is 29.9 Å². The van der Waals surface area contributed by atoms with Crippen LogP contribution < -0.4 is 5.32 Å². The molecular formula is C11H21NO6S. The molecule has 0 radical (unpaired) electrons. The normalized spacial score (nSPS) is 34.9. The molecular weight excluding hydrogens is 274 g/mol. The standard InChI is InChI=1S/C11H21NO6S/c1-2-3-4-17-11(19)12-10-9(16)8(15)7(14)6(5-13)18-10/h6-10,13-16H,2-5H2,1H3,(H,12,19)/t6-,7+,8-,9-,10-/m1/s1. The highest BCUT2D eigenvalue weighted by molar-refractivity contribution is 7.80. The van der Waals surface area contributed by atoms with Crippen LogP contribution in [0.1, 0.15) is 19.8 Å². The van der Waals surface area contributed by atoms with Gasteiger partial charge in [-0.15, -0.1) is 0 Å². The summed E-state index contributed by atoms with van der Waals surface area (Å²) in [6.45, 7) is 1.98. The van der Waals surface area contributed by atoms with Gasteiger partial charge in [0.1, 0.15) is 24.4 Å². The van der Waals surface area contributed by atoms with Crippen LogP contribution >= 0.6 is 12.2 Å². The van der Waals surface area contributed by atoms with Crippen LogP contribution in [-0.2, 0) is 9.47 Å². The molecule has 1 aliphatic rings. The third kappa shape index (κ3) is 4.51. The summed E-state index contributed by atoms with van der Waals surface area (Å²) in [5, 5.41) is 40.6. The van der Waals surface area contributed by atoms with Crippen molar-refractivity contribution in [1.29, 1.82) is 0 Å². The highest BCUT2D eigenvalue weighted by Gasteiger charge is 2.43. The molecule has 112 valence electrons. The lowest BCUT2D eigenvalue weighted by Gasteiger charge is -2.40. The van der Waals surface area contributed by atoms with E-state index < -0.39 is 37.3 Å². The van der Waals surface area contributed by atoms with Crippen LogP contribution in [0.4, 0.5) is 0 Å². The van der Waals surface area contributed by atoms with E-state index in [1.807, 2.05) is 6.92 Å². The Labute approximate surface area is 117 Å². The van der Waals surface area contributed by atoms with Crippen LogP contribution in [0.2, 0.25) is 0 Å². The zero-order chi connectivity index (χ0) is 14.4. The Morgan fingerprint density at radius 1 is 1.26 bits per heavy atom. The molecule has 0 amide bonds. The number of aliphatic hydroxyl groups is 4. The molecule has 0 aromatic carbocycles. The average Bonchev–Trinajstić information content (AvgIpc) is 2.39. The first-order valence-electron chi connectivity index (χ1n) is 6.25. The summed E-state index contributed by atoms with van der Waals surface area (Å²) in [4.78, 5) is 0. The summed E-state index contributed by atoms with van der Waals surface area (Å²) >= 11 is 4.91. The smallest absolute Gasteiger partial charge is 0.258 e. The second-order valence-electron chi connectivity index (χ2n) is 4.38. The van der Waals surface area contributed by atoms with E-state index in [9.17, 15) is 15.3 Å². The fourth-order valence-electron chi connectivity index (χ4n) is 1.69. The molecule has 1 rings (SSSR count). The van der Waals surface area contributed by atoms with Crippen LogP contribution in [0.5, 0.6) is 0 Å². The number of ether oxygens (including phenoxy) is 2.